The Bertz CT molecular complexity index is 290. The van der Waals surface area contributed by atoms with Crippen molar-refractivity contribution in [2.45, 2.75) is 82.5 Å². The Morgan fingerprint density at radius 3 is 2.43 bits per heavy atom. The lowest BCUT2D eigenvalue weighted by Gasteiger charge is -2.31. The van der Waals surface area contributed by atoms with Crippen molar-refractivity contribution in [3.8, 4) is 0 Å². The molecule has 2 fully saturated rings. The van der Waals surface area contributed by atoms with Gasteiger partial charge in [-0.15, -0.1) is 0 Å². The third-order valence-electron chi connectivity index (χ3n) is 4.82. The quantitative estimate of drug-likeness (QED) is 0.783. The number of ether oxygens (including phenoxy) is 1. The summed E-state index contributed by atoms with van der Waals surface area (Å²) in [5, 5.41) is 3.53. The first kappa shape index (κ1) is 17.1. The molecular weight excluding hydrogens is 279 g/mol. The summed E-state index contributed by atoms with van der Waals surface area (Å²) in [5.74, 6) is 0.854. The Morgan fingerprint density at radius 1 is 0.952 bits per heavy atom. The molecule has 0 bridgehead atoms. The van der Waals surface area contributed by atoms with Crippen LogP contribution in [0.15, 0.2) is 0 Å². The second-order valence-electron chi connectivity index (χ2n) is 6.66. The van der Waals surface area contributed by atoms with Crippen LogP contribution in [0.4, 0.5) is 13.2 Å². The Hall–Kier alpha value is -0.290. The molecule has 0 spiro atoms. The molecule has 2 saturated carbocycles. The molecule has 2 rings (SSSR count). The van der Waals surface area contributed by atoms with Crippen LogP contribution in [0.25, 0.3) is 0 Å². The van der Waals surface area contributed by atoms with Gasteiger partial charge in [0.05, 0.1) is 6.10 Å². The predicted molar refractivity (Wildman–Crippen MR) is 77.2 cm³/mol. The summed E-state index contributed by atoms with van der Waals surface area (Å²) in [6.45, 7) is -0.103. The Kier molecular flexibility index (Phi) is 6.80. The summed E-state index contributed by atoms with van der Waals surface area (Å²) >= 11 is 0. The number of halogens is 3. The number of alkyl halides is 3. The zero-order valence-corrected chi connectivity index (χ0v) is 12.8. The highest BCUT2D eigenvalue weighted by Gasteiger charge is 2.31. The molecule has 0 amide bonds. The molecule has 21 heavy (non-hydrogen) atoms. The van der Waals surface area contributed by atoms with Crippen LogP contribution in [0.1, 0.15) is 64.2 Å². The van der Waals surface area contributed by atoms with Crippen LogP contribution in [0.3, 0.4) is 0 Å². The molecule has 0 aliphatic heterocycles. The van der Waals surface area contributed by atoms with Crippen molar-refractivity contribution in [1.82, 2.24) is 5.32 Å². The zero-order chi connectivity index (χ0) is 15.1. The van der Waals surface area contributed by atoms with Crippen molar-refractivity contribution in [2.75, 3.05) is 13.2 Å². The Balaban J connectivity index is 1.59. The molecule has 2 unspecified atom stereocenters. The third kappa shape index (κ3) is 7.00. The van der Waals surface area contributed by atoms with Crippen molar-refractivity contribution in [3.63, 3.8) is 0 Å². The molecule has 124 valence electrons. The molecule has 0 saturated heterocycles. The lowest BCUT2D eigenvalue weighted by molar-refractivity contribution is -0.188. The topological polar surface area (TPSA) is 21.3 Å². The molecule has 2 aliphatic rings. The van der Waals surface area contributed by atoms with Gasteiger partial charge in [-0.1, -0.05) is 32.1 Å². The fourth-order valence-corrected chi connectivity index (χ4v) is 3.66. The molecule has 0 aromatic carbocycles. The highest BCUT2D eigenvalue weighted by Crippen LogP contribution is 2.27. The number of hydrogen-bond donors (Lipinski definition) is 1. The first-order valence-electron chi connectivity index (χ1n) is 8.44. The van der Waals surface area contributed by atoms with Gasteiger partial charge >= 0.3 is 6.18 Å². The van der Waals surface area contributed by atoms with E-state index < -0.39 is 12.8 Å². The minimum absolute atomic E-state index is 0.229. The molecule has 2 atom stereocenters. The standard InChI is InChI=1S/C16H28F3NO/c17-16(18,19)12-21-15-8-4-7-14(11-15)20-10-9-13-5-2-1-3-6-13/h13-15,20H,1-12H2. The van der Waals surface area contributed by atoms with Crippen LogP contribution >= 0.6 is 0 Å². The average Bonchev–Trinajstić information content (AvgIpc) is 2.46. The summed E-state index contributed by atoms with van der Waals surface area (Å²) in [6, 6.07) is 0.334. The van der Waals surface area contributed by atoms with Gasteiger partial charge in [0, 0.05) is 6.04 Å². The summed E-state index contributed by atoms with van der Waals surface area (Å²) < 4.78 is 41.5. The van der Waals surface area contributed by atoms with Gasteiger partial charge in [0.15, 0.2) is 0 Å². The van der Waals surface area contributed by atoms with Crippen molar-refractivity contribution in [2.24, 2.45) is 5.92 Å². The number of nitrogens with one attached hydrogen (secondary N) is 1. The molecular formula is C16H28F3NO. The average molecular weight is 307 g/mol. The van der Waals surface area contributed by atoms with Crippen molar-refractivity contribution in [1.29, 1.82) is 0 Å². The van der Waals surface area contributed by atoms with E-state index in [2.05, 4.69) is 5.32 Å². The summed E-state index contributed by atoms with van der Waals surface area (Å²) in [5.41, 5.74) is 0. The highest BCUT2D eigenvalue weighted by molar-refractivity contribution is 4.79. The van der Waals surface area contributed by atoms with Crippen molar-refractivity contribution >= 4 is 0 Å². The van der Waals surface area contributed by atoms with Gasteiger partial charge in [-0.25, -0.2) is 0 Å². The Morgan fingerprint density at radius 2 is 1.71 bits per heavy atom. The SMILES string of the molecule is FC(F)(F)COC1CCCC(NCCC2CCCCC2)C1. The maximum absolute atomic E-state index is 12.2. The van der Waals surface area contributed by atoms with Gasteiger partial charge in [0.1, 0.15) is 6.61 Å². The van der Waals surface area contributed by atoms with Crippen LogP contribution in [-0.4, -0.2) is 31.5 Å². The van der Waals surface area contributed by atoms with Crippen molar-refractivity contribution in [3.05, 3.63) is 0 Å². The van der Waals surface area contributed by atoms with Gasteiger partial charge in [-0.2, -0.15) is 13.2 Å². The molecule has 0 heterocycles. The second-order valence-corrected chi connectivity index (χ2v) is 6.66. The van der Waals surface area contributed by atoms with E-state index in [-0.39, 0.29) is 6.10 Å². The van der Waals surface area contributed by atoms with Crippen molar-refractivity contribution < 1.29 is 17.9 Å². The highest BCUT2D eigenvalue weighted by atomic mass is 19.4. The van der Waals surface area contributed by atoms with E-state index in [1.54, 1.807) is 0 Å². The molecule has 2 aliphatic carbocycles. The van der Waals surface area contributed by atoms with Crippen LogP contribution in [-0.2, 0) is 4.74 Å². The van der Waals surface area contributed by atoms with Crippen LogP contribution in [0, 0.1) is 5.92 Å². The van der Waals surface area contributed by atoms with Gasteiger partial charge in [-0.3, -0.25) is 0 Å². The van der Waals surface area contributed by atoms with Gasteiger partial charge in [0.25, 0.3) is 0 Å². The third-order valence-corrected chi connectivity index (χ3v) is 4.82. The van der Waals surface area contributed by atoms with Gasteiger partial charge in [0.2, 0.25) is 0 Å². The molecule has 0 radical (unpaired) electrons. The Labute approximate surface area is 125 Å². The lowest BCUT2D eigenvalue weighted by Crippen LogP contribution is -2.39. The fraction of sp³-hybridized carbons (Fsp3) is 1.00. The van der Waals surface area contributed by atoms with E-state index >= 15 is 0 Å². The second kappa shape index (κ2) is 8.37. The van der Waals surface area contributed by atoms with E-state index in [0.717, 1.165) is 38.1 Å². The van der Waals surface area contributed by atoms with Gasteiger partial charge in [-0.05, 0) is 44.6 Å². The predicted octanol–water partition coefficient (Wildman–Crippen LogP) is 4.44. The largest absolute Gasteiger partial charge is 0.411 e. The van der Waals surface area contributed by atoms with Gasteiger partial charge < -0.3 is 10.1 Å². The van der Waals surface area contributed by atoms with E-state index in [1.165, 1.54) is 38.5 Å². The smallest absolute Gasteiger partial charge is 0.369 e. The van der Waals surface area contributed by atoms with E-state index in [0.29, 0.717) is 6.04 Å². The molecule has 2 nitrogen and oxygen atoms in total. The maximum Gasteiger partial charge on any atom is 0.411 e. The zero-order valence-electron chi connectivity index (χ0n) is 12.8. The molecule has 0 aromatic rings. The minimum atomic E-state index is -4.21. The first-order valence-corrected chi connectivity index (χ1v) is 8.44. The van der Waals surface area contributed by atoms with E-state index in [1.807, 2.05) is 0 Å². The number of rotatable bonds is 6. The molecule has 0 aromatic heterocycles. The fourth-order valence-electron chi connectivity index (χ4n) is 3.66. The van der Waals surface area contributed by atoms with Crippen LogP contribution in [0.2, 0.25) is 0 Å². The minimum Gasteiger partial charge on any atom is -0.369 e. The van der Waals surface area contributed by atoms with Crippen LogP contribution in [0.5, 0.6) is 0 Å². The van der Waals surface area contributed by atoms with E-state index in [9.17, 15) is 13.2 Å². The first-order chi connectivity index (χ1) is 10.0. The maximum atomic E-state index is 12.2. The summed E-state index contributed by atoms with van der Waals surface area (Å²) in [4.78, 5) is 0. The summed E-state index contributed by atoms with van der Waals surface area (Å²) in [6.07, 6.45) is 7.10. The molecule has 5 heteroatoms. The number of hydrogen-bond acceptors (Lipinski definition) is 2. The summed E-state index contributed by atoms with van der Waals surface area (Å²) in [7, 11) is 0. The molecule has 1 N–H and O–H groups in total. The normalized spacial score (nSPS) is 28.7. The lowest BCUT2D eigenvalue weighted by atomic mass is 9.86. The van der Waals surface area contributed by atoms with E-state index in [4.69, 9.17) is 4.74 Å². The monoisotopic (exact) mass is 307 g/mol. The van der Waals surface area contributed by atoms with Crippen LogP contribution < -0.4 is 5.32 Å².